The van der Waals surface area contributed by atoms with Crippen molar-refractivity contribution in [2.75, 3.05) is 13.2 Å². The molecule has 1 unspecified atom stereocenters. The largest absolute Gasteiger partial charge is 0.492 e. The van der Waals surface area contributed by atoms with Crippen LogP contribution in [0.15, 0.2) is 48.5 Å². The predicted molar refractivity (Wildman–Crippen MR) is 95.4 cm³/mol. The Kier molecular flexibility index (Phi) is 4.26. The lowest BCUT2D eigenvalue weighted by Gasteiger charge is -2.35. The van der Waals surface area contributed by atoms with Crippen molar-refractivity contribution in [1.29, 1.82) is 0 Å². The second-order valence-corrected chi connectivity index (χ2v) is 6.67. The Labute approximate surface area is 147 Å². The molecule has 0 spiro atoms. The minimum Gasteiger partial charge on any atom is -0.492 e. The summed E-state index contributed by atoms with van der Waals surface area (Å²) >= 11 is 0. The van der Waals surface area contributed by atoms with E-state index in [0.29, 0.717) is 32.4 Å². The van der Waals surface area contributed by atoms with Crippen LogP contribution in [0.5, 0.6) is 5.75 Å². The molecule has 0 radical (unpaired) electrons. The molecule has 4 heteroatoms. The van der Waals surface area contributed by atoms with Crippen molar-refractivity contribution in [2.24, 2.45) is 0 Å². The summed E-state index contributed by atoms with van der Waals surface area (Å²) in [6.45, 7) is 0.985. The third-order valence-corrected chi connectivity index (χ3v) is 5.02. The Morgan fingerprint density at radius 2 is 1.88 bits per heavy atom. The van der Waals surface area contributed by atoms with Crippen LogP contribution >= 0.6 is 0 Å². The van der Waals surface area contributed by atoms with E-state index in [2.05, 4.69) is 12.1 Å². The van der Waals surface area contributed by atoms with E-state index in [4.69, 9.17) is 4.74 Å². The van der Waals surface area contributed by atoms with Crippen LogP contribution in [0.25, 0.3) is 11.1 Å². The Balaban J connectivity index is 1.77. The third-order valence-electron chi connectivity index (χ3n) is 5.02. The van der Waals surface area contributed by atoms with Gasteiger partial charge in [0.25, 0.3) is 0 Å². The van der Waals surface area contributed by atoms with Crippen LogP contribution in [-0.2, 0) is 16.0 Å². The molecule has 128 valence electrons. The summed E-state index contributed by atoms with van der Waals surface area (Å²) in [7, 11) is 0. The molecule has 2 aliphatic heterocycles. The maximum atomic E-state index is 12.6. The highest BCUT2D eigenvalue weighted by molar-refractivity contribution is 5.90. The van der Waals surface area contributed by atoms with Gasteiger partial charge in [-0.3, -0.25) is 9.59 Å². The van der Waals surface area contributed by atoms with Gasteiger partial charge in [0.05, 0.1) is 19.1 Å². The zero-order chi connectivity index (χ0) is 17.2. The fourth-order valence-corrected chi connectivity index (χ4v) is 3.75. The van der Waals surface area contributed by atoms with E-state index in [1.807, 2.05) is 36.4 Å². The number of piperidine rings is 1. The molecule has 4 rings (SSSR count). The van der Waals surface area contributed by atoms with Crippen LogP contribution < -0.4 is 4.74 Å². The lowest BCUT2D eigenvalue weighted by atomic mass is 9.92. The van der Waals surface area contributed by atoms with Crippen LogP contribution in [0.4, 0.5) is 0 Å². The molecular formula is C21H21NO3. The van der Waals surface area contributed by atoms with Crippen molar-refractivity contribution in [3.8, 4) is 16.9 Å². The number of ketones is 1. The van der Waals surface area contributed by atoms with E-state index in [9.17, 15) is 9.59 Å². The monoisotopic (exact) mass is 335 g/mol. The van der Waals surface area contributed by atoms with Crippen LogP contribution in [0.2, 0.25) is 0 Å². The first-order valence-electron chi connectivity index (χ1n) is 8.86. The number of para-hydroxylation sites is 1. The zero-order valence-corrected chi connectivity index (χ0v) is 14.1. The molecule has 1 fully saturated rings. The number of amides is 1. The van der Waals surface area contributed by atoms with Crippen LogP contribution in [0.3, 0.4) is 0 Å². The number of rotatable bonds is 0. The second-order valence-electron chi connectivity index (χ2n) is 6.67. The summed E-state index contributed by atoms with van der Waals surface area (Å²) in [5, 5.41) is 0. The van der Waals surface area contributed by atoms with Crippen LogP contribution in [0.1, 0.15) is 24.8 Å². The molecule has 25 heavy (non-hydrogen) atoms. The maximum Gasteiger partial charge on any atom is 0.226 e. The number of Topliss-reactive ketones (excluding diaryl/α,β-unsaturated/α-hetero) is 1. The van der Waals surface area contributed by atoms with Gasteiger partial charge in [-0.2, -0.15) is 0 Å². The van der Waals surface area contributed by atoms with Gasteiger partial charge in [-0.05, 0) is 30.0 Å². The van der Waals surface area contributed by atoms with Gasteiger partial charge in [-0.25, -0.2) is 0 Å². The molecule has 2 heterocycles. The molecule has 2 aromatic carbocycles. The van der Waals surface area contributed by atoms with E-state index in [0.717, 1.165) is 28.9 Å². The van der Waals surface area contributed by atoms with Crippen molar-refractivity contribution in [2.45, 2.75) is 31.7 Å². The SMILES string of the molecule is O=C1CCCN2C(=O)CCOc3ccccc3-c3cccc(c3)CC12. The highest BCUT2D eigenvalue weighted by Gasteiger charge is 2.33. The van der Waals surface area contributed by atoms with Gasteiger partial charge in [0, 0.05) is 18.5 Å². The molecule has 4 nitrogen and oxygen atoms in total. The second kappa shape index (κ2) is 6.71. The van der Waals surface area contributed by atoms with Crippen LogP contribution in [0, 0.1) is 0 Å². The minimum atomic E-state index is -0.342. The lowest BCUT2D eigenvalue weighted by molar-refractivity contribution is -0.142. The summed E-state index contributed by atoms with van der Waals surface area (Å²) in [6, 6.07) is 15.7. The summed E-state index contributed by atoms with van der Waals surface area (Å²) in [5.41, 5.74) is 3.17. The van der Waals surface area contributed by atoms with Gasteiger partial charge in [-0.1, -0.05) is 42.5 Å². The van der Waals surface area contributed by atoms with E-state index in [1.54, 1.807) is 4.90 Å². The Morgan fingerprint density at radius 3 is 2.80 bits per heavy atom. The van der Waals surface area contributed by atoms with Gasteiger partial charge in [0.15, 0.2) is 5.78 Å². The van der Waals surface area contributed by atoms with Gasteiger partial charge in [0.2, 0.25) is 5.91 Å². The minimum absolute atomic E-state index is 0.00672. The number of nitrogens with zero attached hydrogens (tertiary/aromatic N) is 1. The fourth-order valence-electron chi connectivity index (χ4n) is 3.75. The van der Waals surface area contributed by atoms with Crippen molar-refractivity contribution < 1.29 is 14.3 Å². The van der Waals surface area contributed by atoms with Crippen molar-refractivity contribution in [3.63, 3.8) is 0 Å². The first-order chi connectivity index (χ1) is 12.2. The summed E-state index contributed by atoms with van der Waals surface area (Å²) in [6.07, 6.45) is 2.20. The summed E-state index contributed by atoms with van der Waals surface area (Å²) < 4.78 is 5.90. The topological polar surface area (TPSA) is 46.6 Å². The van der Waals surface area contributed by atoms with Gasteiger partial charge >= 0.3 is 0 Å². The standard InChI is InChI=1S/C21H21NO3/c23-19-8-4-11-22-18(19)14-15-5-3-6-16(13-15)17-7-1-2-9-20(17)25-12-10-21(22)24/h1-3,5-7,9,13,18H,4,8,10-12,14H2. The first-order valence-corrected chi connectivity index (χ1v) is 8.86. The van der Waals surface area contributed by atoms with E-state index in [-0.39, 0.29) is 17.7 Å². The van der Waals surface area contributed by atoms with Crippen LogP contribution in [-0.4, -0.2) is 35.8 Å². The zero-order valence-electron chi connectivity index (χ0n) is 14.1. The molecule has 0 saturated carbocycles. The number of hydrogen-bond donors (Lipinski definition) is 0. The van der Waals surface area contributed by atoms with E-state index < -0.39 is 0 Å². The number of ether oxygens (including phenoxy) is 1. The van der Waals surface area contributed by atoms with E-state index >= 15 is 0 Å². The lowest BCUT2D eigenvalue weighted by Crippen LogP contribution is -2.50. The molecule has 2 aromatic rings. The van der Waals surface area contributed by atoms with Gasteiger partial charge in [0.1, 0.15) is 5.75 Å². The average molecular weight is 335 g/mol. The number of hydrogen-bond acceptors (Lipinski definition) is 3. The molecule has 1 atom stereocenters. The summed E-state index contributed by atoms with van der Waals surface area (Å²) in [5.74, 6) is 0.968. The Morgan fingerprint density at radius 1 is 1.00 bits per heavy atom. The van der Waals surface area contributed by atoms with Crippen molar-refractivity contribution in [3.05, 3.63) is 54.1 Å². The highest BCUT2D eigenvalue weighted by Crippen LogP contribution is 2.31. The first kappa shape index (κ1) is 15.9. The Hall–Kier alpha value is -2.62. The Bertz CT molecular complexity index is 814. The average Bonchev–Trinajstić information content (AvgIpc) is 2.63. The molecule has 2 aliphatic rings. The smallest absolute Gasteiger partial charge is 0.226 e. The molecule has 0 aliphatic carbocycles. The maximum absolute atomic E-state index is 12.6. The van der Waals surface area contributed by atoms with Gasteiger partial charge in [-0.15, -0.1) is 0 Å². The van der Waals surface area contributed by atoms with Crippen molar-refractivity contribution in [1.82, 2.24) is 4.90 Å². The number of benzene rings is 2. The molecule has 0 aromatic heterocycles. The normalized spacial score (nSPS) is 20.6. The molecule has 1 saturated heterocycles. The summed E-state index contributed by atoms with van der Waals surface area (Å²) in [4.78, 5) is 26.9. The molecular weight excluding hydrogens is 314 g/mol. The number of carbonyl (C=O) groups is 2. The van der Waals surface area contributed by atoms with E-state index in [1.165, 1.54) is 0 Å². The predicted octanol–water partition coefficient (Wildman–Crippen LogP) is 3.24. The number of fused-ring (bicyclic) bond motifs is 5. The molecule has 1 amide bonds. The fraction of sp³-hybridized carbons (Fsp3) is 0.333. The highest BCUT2D eigenvalue weighted by atomic mass is 16.5. The number of carbonyl (C=O) groups excluding carboxylic acids is 2. The van der Waals surface area contributed by atoms with Gasteiger partial charge < -0.3 is 9.64 Å². The third kappa shape index (κ3) is 3.16. The molecule has 0 N–H and O–H groups in total. The molecule has 2 bridgehead atoms. The quantitative estimate of drug-likeness (QED) is 0.742. The van der Waals surface area contributed by atoms with Crippen molar-refractivity contribution >= 4 is 11.7 Å².